The molecular weight excluding hydrogens is 487 g/mol. The second kappa shape index (κ2) is 8.29. The third kappa shape index (κ3) is 4.80. The van der Waals surface area contributed by atoms with E-state index in [0.717, 1.165) is 6.92 Å². The smallest absolute Gasteiger partial charge is 0.423 e. The Kier molecular flexibility index (Phi) is 5.35. The van der Waals surface area contributed by atoms with Crippen LogP contribution < -0.4 is 10.1 Å². The Labute approximate surface area is 195 Å². The number of halogens is 5. The van der Waals surface area contributed by atoms with Crippen molar-refractivity contribution in [1.82, 2.24) is 24.1 Å². The Morgan fingerprint density at radius 2 is 1.94 bits per heavy atom. The van der Waals surface area contributed by atoms with Crippen LogP contribution in [0.5, 0.6) is 5.88 Å². The lowest BCUT2D eigenvalue weighted by Gasteiger charge is -2.31. The van der Waals surface area contributed by atoms with Crippen molar-refractivity contribution in [2.75, 3.05) is 25.0 Å². The molecule has 1 saturated carbocycles. The zero-order chi connectivity index (χ0) is 26.7. The fraction of sp³-hybridized carbons (Fsp3) is 0.632. The minimum atomic E-state index is -5.02. The van der Waals surface area contributed by atoms with Crippen molar-refractivity contribution in [3.8, 4) is 5.88 Å². The average molecular weight is 513 g/mol. The van der Waals surface area contributed by atoms with E-state index in [0.29, 0.717) is 6.20 Å². The van der Waals surface area contributed by atoms with Crippen molar-refractivity contribution < 1.29 is 37.8 Å². The van der Waals surface area contributed by atoms with E-state index in [1.54, 1.807) is 7.05 Å². The second-order valence-electron chi connectivity index (χ2n) is 8.50. The molecule has 1 aliphatic heterocycles. The molecular formula is C19H23F5N6O3S. The molecule has 0 amide bonds. The van der Waals surface area contributed by atoms with Crippen LogP contribution in [0, 0.1) is 5.41 Å². The number of nitrogens with one attached hydrogen (secondary N) is 1. The highest BCUT2D eigenvalue weighted by Crippen LogP contribution is 2.60. The molecule has 188 valence electrons. The van der Waals surface area contributed by atoms with Crippen LogP contribution in [-0.2, 0) is 23.2 Å². The van der Waals surface area contributed by atoms with Gasteiger partial charge in [0.25, 0.3) is 5.92 Å². The number of ether oxygens (including phenoxy) is 1. The van der Waals surface area contributed by atoms with Gasteiger partial charge in [0.1, 0.15) is 17.0 Å². The number of hydrogen-bond donors (Lipinski definition) is 1. The summed E-state index contributed by atoms with van der Waals surface area (Å²) in [5.41, 5.74) is -3.82. The average Bonchev–Trinajstić information content (AvgIpc) is 3.05. The van der Waals surface area contributed by atoms with Gasteiger partial charge in [-0.1, -0.05) is 6.92 Å². The predicted octanol–water partition coefficient (Wildman–Crippen LogP) is 2.92. The molecule has 9 nitrogen and oxygen atoms in total. The van der Waals surface area contributed by atoms with Crippen molar-refractivity contribution in [1.29, 1.82) is 0 Å². The zero-order valence-corrected chi connectivity index (χ0v) is 18.9. The van der Waals surface area contributed by atoms with E-state index in [1.165, 1.54) is 21.4 Å². The van der Waals surface area contributed by atoms with Gasteiger partial charge in [-0.2, -0.15) is 27.6 Å². The summed E-state index contributed by atoms with van der Waals surface area (Å²) in [5, 5.41) is 6.65. The molecule has 15 heteroatoms. The van der Waals surface area contributed by atoms with Crippen LogP contribution in [0.1, 0.15) is 34.5 Å². The summed E-state index contributed by atoms with van der Waals surface area (Å²) < 4.78 is 116. The molecule has 2 aromatic rings. The van der Waals surface area contributed by atoms with Crippen molar-refractivity contribution in [2.24, 2.45) is 12.5 Å². The van der Waals surface area contributed by atoms with Crippen molar-refractivity contribution >= 4 is 16.0 Å². The summed E-state index contributed by atoms with van der Waals surface area (Å²) in [6.07, 6.45) is -2.39. The molecule has 1 N–H and O–H groups in total. The predicted molar refractivity (Wildman–Crippen MR) is 109 cm³/mol. The van der Waals surface area contributed by atoms with Gasteiger partial charge in [-0.3, -0.25) is 4.68 Å². The van der Waals surface area contributed by atoms with Gasteiger partial charge in [0, 0.05) is 45.0 Å². The Hall–Kier alpha value is -2.55. The quantitative estimate of drug-likeness (QED) is 0.569. The summed E-state index contributed by atoms with van der Waals surface area (Å²) in [4.78, 5) is 7.29. The molecule has 0 radical (unpaired) electrons. The third-order valence-electron chi connectivity index (χ3n) is 5.80. The van der Waals surface area contributed by atoms with Crippen LogP contribution in [0.15, 0.2) is 23.5 Å². The molecule has 0 unspecified atom stereocenters. The lowest BCUT2D eigenvalue weighted by Crippen LogP contribution is -2.42. The Morgan fingerprint density at radius 1 is 1.29 bits per heavy atom. The summed E-state index contributed by atoms with van der Waals surface area (Å²) in [7, 11) is -2.18. The number of anilines is 1. The van der Waals surface area contributed by atoms with E-state index in [1.807, 2.05) is 0 Å². The van der Waals surface area contributed by atoms with E-state index in [-0.39, 0.29) is 36.8 Å². The summed E-state index contributed by atoms with van der Waals surface area (Å²) in [6, 6.07) is -0.419. The third-order valence-corrected chi connectivity index (χ3v) is 7.65. The van der Waals surface area contributed by atoms with Crippen LogP contribution >= 0.6 is 0 Å². The van der Waals surface area contributed by atoms with Crippen LogP contribution in [0.3, 0.4) is 0 Å². The van der Waals surface area contributed by atoms with Gasteiger partial charge >= 0.3 is 6.18 Å². The highest BCUT2D eigenvalue weighted by atomic mass is 32.2. The lowest BCUT2D eigenvalue weighted by molar-refractivity contribution is -0.139. The van der Waals surface area contributed by atoms with Crippen LogP contribution in [-0.4, -0.2) is 64.1 Å². The van der Waals surface area contributed by atoms with Gasteiger partial charge in [-0.15, -0.1) is 0 Å². The van der Waals surface area contributed by atoms with Crippen LogP contribution in [0.2, 0.25) is 0 Å². The van der Waals surface area contributed by atoms with E-state index < -0.39 is 58.0 Å². The number of sulfonamides is 1. The van der Waals surface area contributed by atoms with Gasteiger partial charge in [0.15, 0.2) is 0 Å². The number of piperidine rings is 1. The summed E-state index contributed by atoms with van der Waals surface area (Å²) in [5.74, 6) is -4.99. The number of alkyl halides is 5. The van der Waals surface area contributed by atoms with E-state index in [2.05, 4.69) is 20.4 Å². The first kappa shape index (κ1) is 21.9. The number of hydrogen-bond acceptors (Lipinski definition) is 7. The largest absolute Gasteiger partial charge is 0.476 e. The van der Waals surface area contributed by atoms with E-state index >= 15 is 0 Å². The van der Waals surface area contributed by atoms with Gasteiger partial charge in [0.05, 0.1) is 14.4 Å². The molecule has 0 aromatic carbocycles. The molecule has 3 heterocycles. The molecule has 0 bridgehead atoms. The summed E-state index contributed by atoms with van der Waals surface area (Å²) >= 11 is 0. The first-order valence-corrected chi connectivity index (χ1v) is 11.7. The normalized spacial score (nSPS) is 24.9. The standard InChI is InChI=1S/C19H23F5N6O3S/c1-17(10-18(17,20)21)11-33-15-14(19(22,23)24)8-25-16(28-15)27-12-3-5-30(6-4-12)34(31,32)13-7-26-29(2)9-13/h7-9,12H,3-6,10-11H2,1-2H3,(H,25,27,28)/t17-/m0/s1/i11D2. The maximum Gasteiger partial charge on any atom is 0.423 e. The van der Waals surface area contributed by atoms with Crippen molar-refractivity contribution in [3.05, 3.63) is 24.2 Å². The second-order valence-corrected chi connectivity index (χ2v) is 10.4. The minimum absolute atomic E-state index is 0.0356. The molecule has 1 aliphatic carbocycles. The fourth-order valence-corrected chi connectivity index (χ4v) is 4.94. The number of rotatable bonds is 7. The van der Waals surface area contributed by atoms with Gasteiger partial charge < -0.3 is 10.1 Å². The zero-order valence-electron chi connectivity index (χ0n) is 20.1. The van der Waals surface area contributed by atoms with Gasteiger partial charge in [-0.25, -0.2) is 22.2 Å². The number of aryl methyl sites for hydroxylation is 1. The van der Waals surface area contributed by atoms with E-state index in [4.69, 9.17) is 7.48 Å². The van der Waals surface area contributed by atoms with Gasteiger partial charge in [0.2, 0.25) is 21.9 Å². The highest BCUT2D eigenvalue weighted by Gasteiger charge is 2.68. The maximum atomic E-state index is 13.7. The molecule has 2 fully saturated rings. The first-order valence-electron chi connectivity index (χ1n) is 11.2. The molecule has 2 aromatic heterocycles. The molecule has 1 saturated heterocycles. The SMILES string of the molecule is [2H]C([2H])(Oc1nc(NC2CCN(S(=O)(=O)c3cnn(C)c3)CC2)ncc1C(F)(F)F)[C@]1(C)CC1(F)F. The topological polar surface area (TPSA) is 102 Å². The molecule has 1 atom stereocenters. The van der Waals surface area contributed by atoms with Crippen molar-refractivity contribution in [2.45, 2.75) is 49.2 Å². The Balaban J connectivity index is 1.48. The number of aromatic nitrogens is 4. The highest BCUT2D eigenvalue weighted by molar-refractivity contribution is 7.89. The fourth-order valence-electron chi connectivity index (χ4n) is 3.48. The van der Waals surface area contributed by atoms with Gasteiger partial charge in [-0.05, 0) is 12.8 Å². The first-order chi connectivity index (χ1) is 16.5. The molecule has 0 spiro atoms. The van der Waals surface area contributed by atoms with E-state index in [9.17, 15) is 30.4 Å². The van der Waals surface area contributed by atoms with Crippen molar-refractivity contribution in [3.63, 3.8) is 0 Å². The monoisotopic (exact) mass is 512 g/mol. The Bertz CT molecular complexity index is 1250. The minimum Gasteiger partial charge on any atom is -0.476 e. The molecule has 34 heavy (non-hydrogen) atoms. The molecule has 2 aliphatic rings. The number of nitrogens with zero attached hydrogens (tertiary/aromatic N) is 5. The maximum absolute atomic E-state index is 13.7. The summed E-state index contributed by atoms with van der Waals surface area (Å²) in [6.45, 7) is -2.05. The van der Waals surface area contributed by atoms with Crippen LogP contribution in [0.4, 0.5) is 27.9 Å². The van der Waals surface area contributed by atoms with Crippen LogP contribution in [0.25, 0.3) is 0 Å². The molecule has 4 rings (SSSR count). The lowest BCUT2D eigenvalue weighted by atomic mass is 10.1. The Morgan fingerprint density at radius 3 is 2.47 bits per heavy atom.